The van der Waals surface area contributed by atoms with Crippen molar-refractivity contribution >= 4 is 6.03 Å². The number of allylic oxidation sites excluding steroid dienone is 2. The number of azo groups is 2. The number of amides is 2. The lowest BCUT2D eigenvalue weighted by Crippen LogP contribution is -2.15. The van der Waals surface area contributed by atoms with E-state index < -0.39 is 6.03 Å². The molecule has 0 atom stereocenters. The minimum atomic E-state index is -0.659. The van der Waals surface area contributed by atoms with Gasteiger partial charge in [0, 0.05) is 5.57 Å². The quantitative estimate of drug-likeness (QED) is 0.543. The van der Waals surface area contributed by atoms with Crippen LogP contribution < -0.4 is 5.73 Å². The van der Waals surface area contributed by atoms with Gasteiger partial charge in [-0.15, -0.1) is 0 Å². The topological polar surface area (TPSA) is 58.5 Å². The molecule has 12 heavy (non-hydrogen) atoms. The molecule has 0 aromatic carbocycles. The second-order valence-electron chi connectivity index (χ2n) is 2.90. The van der Waals surface area contributed by atoms with Gasteiger partial charge < -0.3 is 5.73 Å². The van der Waals surface area contributed by atoms with Gasteiger partial charge in [0.1, 0.15) is 0 Å². The first-order valence-electron chi connectivity index (χ1n) is 3.71. The normalized spacial score (nSPS) is 20.3. The molecule has 1 rings (SSSR count). The Bertz CT molecular complexity index is 297. The summed E-state index contributed by atoms with van der Waals surface area (Å²) >= 11 is 0. The predicted octanol–water partition coefficient (Wildman–Crippen LogP) is 1.39. The van der Waals surface area contributed by atoms with Crippen molar-refractivity contribution in [2.45, 2.75) is 13.8 Å². The van der Waals surface area contributed by atoms with E-state index in [1.54, 1.807) is 10.9 Å². The van der Waals surface area contributed by atoms with Crippen molar-refractivity contribution in [3.05, 3.63) is 23.4 Å². The Morgan fingerprint density at radius 1 is 1.67 bits per heavy atom. The molecule has 64 valence electrons. The Morgan fingerprint density at radius 3 is 2.83 bits per heavy atom. The van der Waals surface area contributed by atoms with E-state index in [1.807, 2.05) is 19.9 Å². The van der Waals surface area contributed by atoms with Gasteiger partial charge >= 0.3 is 6.03 Å². The van der Waals surface area contributed by atoms with Crippen LogP contribution in [0.1, 0.15) is 13.8 Å². The molecule has 0 aromatic heterocycles. The summed E-state index contributed by atoms with van der Waals surface area (Å²) in [5.41, 5.74) is 7.16. The molecule has 2 N–H and O–H groups in total. The summed E-state index contributed by atoms with van der Waals surface area (Å²) in [7, 11) is 0. The molecule has 4 heteroatoms. The highest BCUT2D eigenvalue weighted by atomic mass is 16.2. The molecule has 1 aliphatic heterocycles. The summed E-state index contributed by atoms with van der Waals surface area (Å²) in [6.07, 6.45) is 3.84. The smallest absolute Gasteiger partial charge is 0.345 e. The molecule has 0 saturated carbocycles. The molecular formula is C8H12N3O+. The second-order valence-corrected chi connectivity index (χ2v) is 2.90. The minimum absolute atomic E-state index is 0.639. The lowest BCUT2D eigenvalue weighted by molar-refractivity contribution is -0.516. The molecule has 0 aliphatic carbocycles. The molecule has 0 unspecified atom stereocenters. The van der Waals surface area contributed by atoms with Crippen LogP contribution in [0.15, 0.2) is 28.5 Å². The van der Waals surface area contributed by atoms with Gasteiger partial charge in [-0.3, -0.25) is 0 Å². The van der Waals surface area contributed by atoms with Gasteiger partial charge in [0.25, 0.3) is 0 Å². The maximum Gasteiger partial charge on any atom is 0.398 e. The van der Waals surface area contributed by atoms with Crippen LogP contribution in [0.3, 0.4) is 0 Å². The fourth-order valence-electron chi connectivity index (χ4n) is 1.20. The first-order valence-corrected chi connectivity index (χ1v) is 3.71. The summed E-state index contributed by atoms with van der Waals surface area (Å²) in [5, 5.41) is 3.59. The maximum absolute atomic E-state index is 10.4. The number of nitrogens with two attached hydrogens (primary N) is 1. The molecule has 0 fully saturated rings. The van der Waals surface area contributed by atoms with Crippen LogP contribution in [0, 0.1) is 0 Å². The average Bonchev–Trinajstić information content (AvgIpc) is 1.81. The van der Waals surface area contributed by atoms with Gasteiger partial charge in [-0.1, -0.05) is 4.70 Å². The SMILES string of the molecule is CC1=C[N+](=NC(N)=O)CC(C)=C1. The Balaban J connectivity index is 2.87. The Labute approximate surface area is 71.1 Å². The molecule has 1 aliphatic rings. The summed E-state index contributed by atoms with van der Waals surface area (Å²) in [6.45, 7) is 4.58. The van der Waals surface area contributed by atoms with Gasteiger partial charge in [-0.05, 0) is 25.5 Å². The standard InChI is InChI=1S/C8H11N3O/c1-6-3-7(2)5-11(4-6)10-8(9)12/h3-4H,5H2,1-2H3,(H-,9,12)/p+1. The molecule has 0 radical (unpaired) electrons. The van der Waals surface area contributed by atoms with E-state index in [0.29, 0.717) is 6.54 Å². The van der Waals surface area contributed by atoms with Crippen LogP contribution in [0.4, 0.5) is 4.79 Å². The molecule has 0 aromatic rings. The molecule has 0 spiro atoms. The number of primary amides is 1. The number of carbonyl (C=O) groups excluding carboxylic acids is 1. The van der Waals surface area contributed by atoms with E-state index in [0.717, 1.165) is 5.57 Å². The van der Waals surface area contributed by atoms with Gasteiger partial charge in [0.05, 0.1) is 5.11 Å². The summed E-state index contributed by atoms with van der Waals surface area (Å²) in [6, 6.07) is -0.659. The van der Waals surface area contributed by atoms with Crippen LogP contribution in [0.25, 0.3) is 0 Å². The fraction of sp³-hybridized carbons (Fsp3) is 0.375. The molecule has 2 amide bonds. The van der Waals surface area contributed by atoms with Gasteiger partial charge in [0.2, 0.25) is 0 Å². The van der Waals surface area contributed by atoms with Crippen molar-refractivity contribution in [3.63, 3.8) is 0 Å². The van der Waals surface area contributed by atoms with Crippen molar-refractivity contribution < 1.29 is 9.49 Å². The Hall–Kier alpha value is -1.45. The van der Waals surface area contributed by atoms with Crippen molar-refractivity contribution in [3.8, 4) is 0 Å². The van der Waals surface area contributed by atoms with Gasteiger partial charge in [-0.2, -0.15) is 0 Å². The van der Waals surface area contributed by atoms with E-state index in [1.165, 1.54) is 5.57 Å². The highest BCUT2D eigenvalue weighted by Gasteiger charge is 2.12. The summed E-state index contributed by atoms with van der Waals surface area (Å²) < 4.78 is 1.55. The Morgan fingerprint density at radius 2 is 2.33 bits per heavy atom. The molecule has 4 nitrogen and oxygen atoms in total. The number of carbonyl (C=O) groups is 1. The lowest BCUT2D eigenvalue weighted by Gasteiger charge is -2.02. The third kappa shape index (κ3) is 2.30. The van der Waals surface area contributed by atoms with Crippen LogP contribution in [0.2, 0.25) is 0 Å². The van der Waals surface area contributed by atoms with Crippen LogP contribution >= 0.6 is 0 Å². The number of nitrogens with zero attached hydrogens (tertiary/aromatic N) is 2. The third-order valence-corrected chi connectivity index (χ3v) is 1.47. The predicted molar refractivity (Wildman–Crippen MR) is 44.7 cm³/mol. The zero-order valence-electron chi connectivity index (χ0n) is 7.24. The fourth-order valence-corrected chi connectivity index (χ4v) is 1.20. The molecule has 0 saturated heterocycles. The molecular weight excluding hydrogens is 154 g/mol. The summed E-state index contributed by atoms with van der Waals surface area (Å²) in [4.78, 5) is 10.4. The second kappa shape index (κ2) is 3.30. The third-order valence-electron chi connectivity index (χ3n) is 1.47. The number of rotatable bonds is 0. The van der Waals surface area contributed by atoms with E-state index in [4.69, 9.17) is 5.73 Å². The van der Waals surface area contributed by atoms with E-state index in [2.05, 4.69) is 5.11 Å². The number of hydrogen-bond acceptors (Lipinski definition) is 1. The number of hydrogen-bond donors (Lipinski definition) is 1. The van der Waals surface area contributed by atoms with Crippen LogP contribution in [-0.2, 0) is 0 Å². The van der Waals surface area contributed by atoms with Gasteiger partial charge in [0.15, 0.2) is 12.7 Å². The lowest BCUT2D eigenvalue weighted by atomic mass is 10.1. The highest BCUT2D eigenvalue weighted by Crippen LogP contribution is 2.09. The van der Waals surface area contributed by atoms with Crippen molar-refractivity contribution in [2.75, 3.05) is 6.54 Å². The van der Waals surface area contributed by atoms with Crippen LogP contribution in [0.5, 0.6) is 0 Å². The number of urea groups is 1. The van der Waals surface area contributed by atoms with E-state index in [-0.39, 0.29) is 0 Å². The zero-order chi connectivity index (χ0) is 9.14. The minimum Gasteiger partial charge on any atom is -0.345 e. The van der Waals surface area contributed by atoms with Crippen molar-refractivity contribution in [1.29, 1.82) is 0 Å². The van der Waals surface area contributed by atoms with Crippen LogP contribution in [-0.4, -0.2) is 17.3 Å². The van der Waals surface area contributed by atoms with Crippen molar-refractivity contribution in [1.82, 2.24) is 0 Å². The van der Waals surface area contributed by atoms with Gasteiger partial charge in [-0.25, -0.2) is 4.79 Å². The largest absolute Gasteiger partial charge is 0.398 e. The monoisotopic (exact) mass is 166 g/mol. The zero-order valence-corrected chi connectivity index (χ0v) is 7.24. The molecule has 0 bridgehead atoms. The average molecular weight is 166 g/mol. The Kier molecular flexibility index (Phi) is 2.38. The van der Waals surface area contributed by atoms with E-state index >= 15 is 0 Å². The van der Waals surface area contributed by atoms with Crippen molar-refractivity contribution in [2.24, 2.45) is 10.8 Å². The maximum atomic E-state index is 10.4. The van der Waals surface area contributed by atoms with E-state index in [9.17, 15) is 4.79 Å². The highest BCUT2D eigenvalue weighted by molar-refractivity contribution is 5.71. The molecule has 1 heterocycles. The first kappa shape index (κ1) is 8.64. The summed E-state index contributed by atoms with van der Waals surface area (Å²) in [5.74, 6) is 0. The first-order chi connectivity index (χ1) is 5.58.